The van der Waals surface area contributed by atoms with Gasteiger partial charge in [-0.05, 0) is 43.0 Å². The molecule has 1 aromatic carbocycles. The van der Waals surface area contributed by atoms with E-state index in [-0.39, 0.29) is 36.7 Å². The number of hydrogen-bond donors (Lipinski definition) is 2. The number of benzene rings is 1. The first-order chi connectivity index (χ1) is 16.9. The van der Waals surface area contributed by atoms with Gasteiger partial charge in [0.2, 0.25) is 5.91 Å². The first-order valence-corrected chi connectivity index (χ1v) is 13.0. The number of fused-ring (bicyclic) bond motifs is 1. The Morgan fingerprint density at radius 2 is 1.83 bits per heavy atom. The van der Waals surface area contributed by atoms with E-state index in [0.717, 1.165) is 37.9 Å². The Morgan fingerprint density at radius 1 is 1.14 bits per heavy atom. The number of nitrogens with one attached hydrogen (secondary N) is 1. The molecule has 35 heavy (non-hydrogen) atoms. The molecule has 3 saturated heterocycles. The van der Waals surface area contributed by atoms with Gasteiger partial charge < -0.3 is 25.6 Å². The average molecular weight is 484 g/mol. The molecule has 0 unspecified atom stereocenters. The van der Waals surface area contributed by atoms with Crippen LogP contribution in [0.3, 0.4) is 0 Å². The van der Waals surface area contributed by atoms with Gasteiger partial charge in [0.1, 0.15) is 24.8 Å². The molecule has 1 saturated carbocycles. The van der Waals surface area contributed by atoms with Gasteiger partial charge in [0, 0.05) is 50.0 Å². The summed E-state index contributed by atoms with van der Waals surface area (Å²) < 4.78 is 5.52. The van der Waals surface area contributed by atoms with Crippen LogP contribution >= 0.6 is 0 Å². The van der Waals surface area contributed by atoms with Crippen molar-refractivity contribution in [1.29, 1.82) is 0 Å². The maximum atomic E-state index is 13.5. The Labute approximate surface area is 206 Å². The predicted octanol–water partition coefficient (Wildman–Crippen LogP) is 0.622. The molecule has 2 amide bonds. The standard InChI is InChI=1S/C26H37N5O4/c1-3-16(2)22(26(34)31-14-20(27)24-23(31)21(32)15-35-24)28-25(33)17-4-6-18(7-5-17)29-10-12-30(13-11-29)19-8-9-19/h4-7,16,19-20,22-24H,3,8-15,27H2,1-2H3,(H,28,33)/t16-,20+,22-,23+,24+/m0/s1. The summed E-state index contributed by atoms with van der Waals surface area (Å²) in [5, 5.41) is 2.95. The third-order valence-electron chi connectivity index (χ3n) is 8.15. The number of likely N-dealkylation sites (tertiary alicyclic amines) is 1. The molecule has 4 aliphatic rings. The van der Waals surface area contributed by atoms with Gasteiger partial charge in [-0.15, -0.1) is 0 Å². The zero-order valence-electron chi connectivity index (χ0n) is 20.7. The number of anilines is 1. The van der Waals surface area contributed by atoms with Crippen LogP contribution in [-0.2, 0) is 14.3 Å². The van der Waals surface area contributed by atoms with Crippen molar-refractivity contribution < 1.29 is 19.1 Å². The van der Waals surface area contributed by atoms with Gasteiger partial charge in [-0.2, -0.15) is 0 Å². The molecule has 3 aliphatic heterocycles. The highest BCUT2D eigenvalue weighted by Gasteiger charge is 2.52. The lowest BCUT2D eigenvalue weighted by Gasteiger charge is -2.36. The Balaban J connectivity index is 1.24. The summed E-state index contributed by atoms with van der Waals surface area (Å²) in [6, 6.07) is 6.63. The fraction of sp³-hybridized carbons (Fsp3) is 0.654. The Kier molecular flexibility index (Phi) is 6.83. The maximum absolute atomic E-state index is 13.5. The quantitative estimate of drug-likeness (QED) is 0.585. The minimum atomic E-state index is -0.734. The van der Waals surface area contributed by atoms with E-state index in [9.17, 15) is 14.4 Å². The minimum absolute atomic E-state index is 0.0187. The van der Waals surface area contributed by atoms with Gasteiger partial charge in [0.05, 0.1) is 6.04 Å². The first-order valence-electron chi connectivity index (χ1n) is 13.0. The second-order valence-corrected chi connectivity index (χ2v) is 10.5. The Hall–Kier alpha value is -2.49. The van der Waals surface area contributed by atoms with Crippen LogP contribution in [0.15, 0.2) is 24.3 Å². The molecule has 3 N–H and O–H groups in total. The van der Waals surface area contributed by atoms with Crippen molar-refractivity contribution in [2.45, 2.75) is 63.4 Å². The zero-order chi connectivity index (χ0) is 24.7. The van der Waals surface area contributed by atoms with E-state index in [1.165, 1.54) is 17.7 Å². The summed E-state index contributed by atoms with van der Waals surface area (Å²) >= 11 is 0. The highest BCUT2D eigenvalue weighted by atomic mass is 16.5. The Morgan fingerprint density at radius 3 is 2.46 bits per heavy atom. The maximum Gasteiger partial charge on any atom is 0.251 e. The second kappa shape index (κ2) is 9.87. The summed E-state index contributed by atoms with van der Waals surface area (Å²) in [5.74, 6) is -0.775. The fourth-order valence-corrected chi connectivity index (χ4v) is 5.61. The van der Waals surface area contributed by atoms with Crippen molar-refractivity contribution in [2.75, 3.05) is 44.2 Å². The van der Waals surface area contributed by atoms with E-state index in [4.69, 9.17) is 10.5 Å². The van der Waals surface area contributed by atoms with Gasteiger partial charge in [0.25, 0.3) is 5.91 Å². The van der Waals surface area contributed by atoms with Crippen molar-refractivity contribution in [3.63, 3.8) is 0 Å². The normalized spacial score (nSPS) is 28.7. The molecule has 190 valence electrons. The van der Waals surface area contributed by atoms with E-state index >= 15 is 0 Å². The smallest absolute Gasteiger partial charge is 0.251 e. The number of amides is 2. The number of Topliss-reactive ketones (excluding diaryl/α,β-unsaturated/α-hetero) is 1. The lowest BCUT2D eigenvalue weighted by molar-refractivity contribution is -0.139. The number of ether oxygens (including phenoxy) is 1. The van der Waals surface area contributed by atoms with Crippen LogP contribution < -0.4 is 16.0 Å². The molecular weight excluding hydrogens is 446 g/mol. The summed E-state index contributed by atoms with van der Waals surface area (Å²) in [6.07, 6.45) is 2.92. The summed E-state index contributed by atoms with van der Waals surface area (Å²) in [7, 11) is 0. The van der Waals surface area contributed by atoms with Gasteiger partial charge >= 0.3 is 0 Å². The molecule has 5 atom stereocenters. The monoisotopic (exact) mass is 483 g/mol. The number of carbonyl (C=O) groups is 3. The molecule has 3 heterocycles. The predicted molar refractivity (Wildman–Crippen MR) is 132 cm³/mol. The number of rotatable bonds is 7. The van der Waals surface area contributed by atoms with Crippen molar-refractivity contribution in [2.24, 2.45) is 11.7 Å². The van der Waals surface area contributed by atoms with Crippen molar-refractivity contribution in [1.82, 2.24) is 15.1 Å². The van der Waals surface area contributed by atoms with Gasteiger partial charge in [-0.1, -0.05) is 20.3 Å². The van der Waals surface area contributed by atoms with Crippen molar-refractivity contribution in [3.05, 3.63) is 29.8 Å². The van der Waals surface area contributed by atoms with Crippen LogP contribution in [0, 0.1) is 5.92 Å². The van der Waals surface area contributed by atoms with Gasteiger partial charge in [-0.3, -0.25) is 19.3 Å². The van der Waals surface area contributed by atoms with Crippen molar-refractivity contribution in [3.8, 4) is 0 Å². The topological polar surface area (TPSA) is 108 Å². The molecule has 1 aliphatic carbocycles. The van der Waals surface area contributed by atoms with Crippen LogP contribution in [0.25, 0.3) is 0 Å². The van der Waals surface area contributed by atoms with Crippen LogP contribution in [0.2, 0.25) is 0 Å². The molecule has 4 fully saturated rings. The van der Waals surface area contributed by atoms with Crippen LogP contribution in [0.4, 0.5) is 5.69 Å². The molecule has 9 heteroatoms. The number of piperazine rings is 1. The largest absolute Gasteiger partial charge is 0.369 e. The summed E-state index contributed by atoms with van der Waals surface area (Å²) in [5.41, 5.74) is 7.78. The van der Waals surface area contributed by atoms with Gasteiger partial charge in [0.15, 0.2) is 5.78 Å². The highest BCUT2D eigenvalue weighted by molar-refractivity contribution is 5.99. The molecule has 0 aromatic heterocycles. The first kappa shape index (κ1) is 24.2. The number of hydrogen-bond acceptors (Lipinski definition) is 7. The third kappa shape index (κ3) is 4.81. The van der Waals surface area contributed by atoms with E-state index in [1.54, 1.807) is 0 Å². The number of carbonyl (C=O) groups excluding carboxylic acids is 3. The third-order valence-corrected chi connectivity index (χ3v) is 8.15. The van der Waals surface area contributed by atoms with E-state index < -0.39 is 24.2 Å². The highest BCUT2D eigenvalue weighted by Crippen LogP contribution is 2.29. The van der Waals surface area contributed by atoms with E-state index in [2.05, 4.69) is 15.1 Å². The lowest BCUT2D eigenvalue weighted by Crippen LogP contribution is -2.54. The molecule has 1 aromatic rings. The number of nitrogens with two attached hydrogens (primary N) is 1. The van der Waals surface area contributed by atoms with Gasteiger partial charge in [-0.25, -0.2) is 0 Å². The van der Waals surface area contributed by atoms with E-state index in [0.29, 0.717) is 12.0 Å². The number of ketones is 1. The van der Waals surface area contributed by atoms with Crippen molar-refractivity contribution >= 4 is 23.3 Å². The Bertz CT molecular complexity index is 957. The molecule has 0 radical (unpaired) electrons. The second-order valence-electron chi connectivity index (χ2n) is 10.5. The lowest BCUT2D eigenvalue weighted by atomic mass is 9.96. The molecule has 0 spiro atoms. The average Bonchev–Trinajstić information content (AvgIpc) is 3.58. The SMILES string of the molecule is CC[C@H](C)[C@H](NC(=O)c1ccc(N2CCN(C3CC3)CC2)cc1)C(=O)N1C[C@@H](N)[C@H]2OCC(=O)[C@H]21. The molecule has 5 rings (SSSR count). The van der Waals surface area contributed by atoms with Crippen LogP contribution in [0.1, 0.15) is 43.5 Å². The summed E-state index contributed by atoms with van der Waals surface area (Å²) in [6.45, 7) is 8.32. The molecule has 0 bridgehead atoms. The molecular formula is C26H37N5O4. The minimum Gasteiger partial charge on any atom is -0.369 e. The van der Waals surface area contributed by atoms with Crippen LogP contribution in [-0.4, -0.2) is 97.0 Å². The molecule has 9 nitrogen and oxygen atoms in total. The zero-order valence-corrected chi connectivity index (χ0v) is 20.7. The van der Waals surface area contributed by atoms with Crippen LogP contribution in [0.5, 0.6) is 0 Å². The fourth-order valence-electron chi connectivity index (χ4n) is 5.61. The number of nitrogens with zero attached hydrogens (tertiary/aromatic N) is 3. The van der Waals surface area contributed by atoms with E-state index in [1.807, 2.05) is 38.1 Å². The summed E-state index contributed by atoms with van der Waals surface area (Å²) in [4.78, 5) is 45.5.